The maximum atomic E-state index is 12.7. The molecule has 2 aliphatic carbocycles. The van der Waals surface area contributed by atoms with Gasteiger partial charge in [0.1, 0.15) is 9.71 Å². The Hall–Kier alpha value is -2.14. The molecule has 0 aromatic carbocycles. The molecule has 3 N–H and O–H groups in total. The van der Waals surface area contributed by atoms with E-state index in [1.54, 1.807) is 0 Å². The van der Waals surface area contributed by atoms with Gasteiger partial charge in [-0.1, -0.05) is 44.6 Å². The molecule has 2 heterocycles. The van der Waals surface area contributed by atoms with Crippen LogP contribution in [0.4, 0.5) is 5.69 Å². The molecule has 1 amide bonds. The summed E-state index contributed by atoms with van der Waals surface area (Å²) >= 11 is 1.42. The highest BCUT2D eigenvalue weighted by Crippen LogP contribution is 2.35. The maximum Gasteiger partial charge on any atom is 0.264 e. The van der Waals surface area contributed by atoms with Gasteiger partial charge in [-0.2, -0.15) is 0 Å². The number of aromatic nitrogens is 1. The van der Waals surface area contributed by atoms with E-state index in [2.05, 4.69) is 17.5 Å². The van der Waals surface area contributed by atoms with Gasteiger partial charge in [0, 0.05) is 17.1 Å². The van der Waals surface area contributed by atoms with Crippen molar-refractivity contribution in [3.63, 3.8) is 0 Å². The van der Waals surface area contributed by atoms with E-state index in [-0.39, 0.29) is 11.9 Å². The van der Waals surface area contributed by atoms with Gasteiger partial charge in [-0.05, 0) is 50.2 Å². The lowest BCUT2D eigenvalue weighted by Gasteiger charge is -2.12. The topological polar surface area (TPSA) is 68.0 Å². The maximum absolute atomic E-state index is 12.7. The van der Waals surface area contributed by atoms with Crippen LogP contribution in [0.2, 0.25) is 0 Å². The Labute approximate surface area is 165 Å². The van der Waals surface area contributed by atoms with Gasteiger partial charge in [0.15, 0.2) is 0 Å². The molecule has 4 nitrogen and oxygen atoms in total. The van der Waals surface area contributed by atoms with E-state index in [0.29, 0.717) is 10.6 Å². The number of allylic oxidation sites excluding steroid dienone is 3. The monoisotopic (exact) mass is 383 g/mol. The van der Waals surface area contributed by atoms with E-state index in [1.165, 1.54) is 41.9 Å². The van der Waals surface area contributed by atoms with Gasteiger partial charge in [0.2, 0.25) is 0 Å². The minimum atomic E-state index is -0.0905. The number of nitrogens with zero attached hydrogens (tertiary/aromatic N) is 1. The van der Waals surface area contributed by atoms with Crippen molar-refractivity contribution in [2.24, 2.45) is 0 Å². The highest BCUT2D eigenvalue weighted by molar-refractivity contribution is 7.21. The van der Waals surface area contributed by atoms with E-state index in [1.807, 2.05) is 32.1 Å². The van der Waals surface area contributed by atoms with Gasteiger partial charge < -0.3 is 11.1 Å². The van der Waals surface area contributed by atoms with Crippen molar-refractivity contribution in [1.29, 1.82) is 0 Å². The summed E-state index contributed by atoms with van der Waals surface area (Å²) in [4.78, 5) is 19.0. The number of rotatable bonds is 2. The van der Waals surface area contributed by atoms with Gasteiger partial charge in [-0.3, -0.25) is 4.79 Å². The van der Waals surface area contributed by atoms with Crippen molar-refractivity contribution in [1.82, 2.24) is 10.3 Å². The zero-order valence-electron chi connectivity index (χ0n) is 16.3. The largest absolute Gasteiger partial charge is 0.397 e. The molecule has 5 heteroatoms. The van der Waals surface area contributed by atoms with E-state index >= 15 is 0 Å². The van der Waals surface area contributed by atoms with Crippen molar-refractivity contribution < 1.29 is 4.79 Å². The molecule has 0 bridgehead atoms. The fourth-order valence-electron chi connectivity index (χ4n) is 3.60. The van der Waals surface area contributed by atoms with Crippen molar-refractivity contribution in [2.75, 3.05) is 5.73 Å². The molecule has 0 spiro atoms. The standard InChI is InChI=1S/C20H23N3OS.C2H6/c21-17-15-12-13-8-4-3-7-11-16(13)23-20(15)25-18(17)19(24)22-14-9-5-1-2-6-10-14;1-2/h1-2,5,9,12,14H,3-4,6-8,10-11,21H2,(H,22,24);1-2H3. The number of carbonyl (C=O) groups is 1. The second-order valence-electron chi connectivity index (χ2n) is 6.82. The normalized spacial score (nSPS) is 18.8. The lowest BCUT2D eigenvalue weighted by molar-refractivity contribution is 0.0948. The van der Waals surface area contributed by atoms with Gasteiger partial charge in [0.05, 0.1) is 5.69 Å². The predicted octanol–water partition coefficient (Wildman–Crippen LogP) is 5.18. The number of anilines is 1. The molecular weight excluding hydrogens is 354 g/mol. The van der Waals surface area contributed by atoms with Gasteiger partial charge in [0.25, 0.3) is 5.91 Å². The van der Waals surface area contributed by atoms with Crippen LogP contribution in [0.3, 0.4) is 0 Å². The molecule has 144 valence electrons. The van der Waals surface area contributed by atoms with Crippen LogP contribution in [-0.4, -0.2) is 16.9 Å². The van der Waals surface area contributed by atoms with Crippen LogP contribution in [0.5, 0.6) is 0 Å². The molecule has 27 heavy (non-hydrogen) atoms. The molecule has 0 saturated heterocycles. The van der Waals surface area contributed by atoms with Crippen molar-refractivity contribution in [2.45, 2.75) is 64.8 Å². The first-order chi connectivity index (χ1) is 13.2. The quantitative estimate of drug-likeness (QED) is 0.702. The molecule has 0 saturated carbocycles. The number of aryl methyl sites for hydroxylation is 2. The molecule has 2 aliphatic rings. The summed E-state index contributed by atoms with van der Waals surface area (Å²) in [7, 11) is 0. The molecule has 0 aliphatic heterocycles. The van der Waals surface area contributed by atoms with Crippen LogP contribution in [0.1, 0.15) is 66.9 Å². The molecule has 0 fully saturated rings. The number of nitrogen functional groups attached to an aromatic ring is 1. The molecule has 1 atom stereocenters. The lowest BCUT2D eigenvalue weighted by Crippen LogP contribution is -2.33. The Bertz CT molecular complexity index is 866. The molecule has 0 radical (unpaired) electrons. The third kappa shape index (κ3) is 4.41. The Kier molecular flexibility index (Phi) is 6.67. The Morgan fingerprint density at radius 3 is 2.89 bits per heavy atom. The minimum Gasteiger partial charge on any atom is -0.397 e. The van der Waals surface area contributed by atoms with E-state index in [4.69, 9.17) is 10.7 Å². The van der Waals surface area contributed by atoms with E-state index in [9.17, 15) is 4.79 Å². The molecular formula is C22H29N3OS. The van der Waals surface area contributed by atoms with Crippen molar-refractivity contribution in [3.05, 3.63) is 46.5 Å². The third-order valence-electron chi connectivity index (χ3n) is 5.01. The summed E-state index contributed by atoms with van der Waals surface area (Å²) in [5.41, 5.74) is 9.40. The first-order valence-electron chi connectivity index (χ1n) is 10.1. The number of fused-ring (bicyclic) bond motifs is 2. The van der Waals surface area contributed by atoms with Crippen LogP contribution in [-0.2, 0) is 12.8 Å². The van der Waals surface area contributed by atoms with Crippen LogP contribution in [0.25, 0.3) is 10.2 Å². The fourth-order valence-corrected chi connectivity index (χ4v) is 4.60. The smallest absolute Gasteiger partial charge is 0.264 e. The number of nitrogens with one attached hydrogen (secondary N) is 1. The van der Waals surface area contributed by atoms with Crippen molar-refractivity contribution in [3.8, 4) is 0 Å². The third-order valence-corrected chi connectivity index (χ3v) is 6.12. The van der Waals surface area contributed by atoms with E-state index in [0.717, 1.165) is 35.9 Å². The van der Waals surface area contributed by atoms with Gasteiger partial charge in [-0.25, -0.2) is 4.98 Å². The highest BCUT2D eigenvalue weighted by atomic mass is 32.1. The zero-order chi connectivity index (χ0) is 19.2. The Balaban J connectivity index is 0.00000102. The molecule has 1 unspecified atom stereocenters. The predicted molar refractivity (Wildman–Crippen MR) is 115 cm³/mol. The van der Waals surface area contributed by atoms with Crippen molar-refractivity contribution >= 4 is 33.1 Å². The molecule has 4 rings (SSSR count). The average Bonchev–Trinajstić information content (AvgIpc) is 2.91. The van der Waals surface area contributed by atoms with Crippen LogP contribution in [0.15, 0.2) is 30.4 Å². The van der Waals surface area contributed by atoms with Crippen LogP contribution in [0, 0.1) is 0 Å². The SMILES string of the molecule is CC.Nc1c(C(=O)NC2C=CC=CCC2)sc2nc3c(cc12)CCCCC3. The van der Waals surface area contributed by atoms with Crippen LogP contribution >= 0.6 is 11.3 Å². The summed E-state index contributed by atoms with van der Waals surface area (Å²) in [5, 5.41) is 4.03. The Morgan fingerprint density at radius 1 is 1.22 bits per heavy atom. The molecule has 2 aromatic heterocycles. The summed E-state index contributed by atoms with van der Waals surface area (Å²) in [6, 6.07) is 2.22. The van der Waals surface area contributed by atoms with E-state index < -0.39 is 0 Å². The number of amides is 1. The molecule has 2 aromatic rings. The number of carbonyl (C=O) groups excluding carboxylic acids is 1. The number of hydrogen-bond acceptors (Lipinski definition) is 4. The highest BCUT2D eigenvalue weighted by Gasteiger charge is 2.21. The summed E-state index contributed by atoms with van der Waals surface area (Å²) in [6.45, 7) is 4.00. The number of nitrogens with two attached hydrogens (primary N) is 1. The average molecular weight is 384 g/mol. The number of thiophene rings is 1. The van der Waals surface area contributed by atoms with Gasteiger partial charge >= 0.3 is 0 Å². The van der Waals surface area contributed by atoms with Gasteiger partial charge in [-0.15, -0.1) is 11.3 Å². The Morgan fingerprint density at radius 2 is 2.04 bits per heavy atom. The number of hydrogen-bond donors (Lipinski definition) is 2. The first kappa shape index (κ1) is 19.6. The second kappa shape index (κ2) is 9.18. The number of pyridine rings is 1. The summed E-state index contributed by atoms with van der Waals surface area (Å²) < 4.78 is 0. The van der Waals surface area contributed by atoms with Crippen LogP contribution < -0.4 is 11.1 Å². The first-order valence-corrected chi connectivity index (χ1v) is 10.9. The second-order valence-corrected chi connectivity index (χ2v) is 7.82. The minimum absolute atomic E-state index is 0.0526. The zero-order valence-corrected chi connectivity index (χ0v) is 17.1. The fraction of sp³-hybridized carbons (Fsp3) is 0.455. The lowest BCUT2D eigenvalue weighted by atomic mass is 10.1. The summed E-state index contributed by atoms with van der Waals surface area (Å²) in [5.74, 6) is -0.0905. The summed E-state index contributed by atoms with van der Waals surface area (Å²) in [6.07, 6.45) is 15.8.